The van der Waals surface area contributed by atoms with Crippen molar-refractivity contribution in [2.45, 2.75) is 4.21 Å². The van der Waals surface area contributed by atoms with Crippen molar-refractivity contribution in [1.29, 1.82) is 0 Å². The van der Waals surface area contributed by atoms with Gasteiger partial charge in [-0.2, -0.15) is 4.31 Å². The molecule has 1 amide bonds. The van der Waals surface area contributed by atoms with Crippen molar-refractivity contribution in [3.63, 3.8) is 0 Å². The Kier molecular flexibility index (Phi) is 7.13. The second-order valence-electron chi connectivity index (χ2n) is 7.05. The van der Waals surface area contributed by atoms with Crippen LogP contribution in [-0.4, -0.2) is 68.3 Å². The quantitative estimate of drug-likeness (QED) is 0.521. The van der Waals surface area contributed by atoms with Gasteiger partial charge in [-0.3, -0.25) is 9.69 Å². The van der Waals surface area contributed by atoms with Crippen molar-refractivity contribution < 1.29 is 17.9 Å². The maximum atomic E-state index is 12.7. The van der Waals surface area contributed by atoms with Crippen LogP contribution in [-0.2, 0) is 14.8 Å². The van der Waals surface area contributed by atoms with Crippen LogP contribution in [0.3, 0.4) is 0 Å². The molecule has 2 aromatic heterocycles. The highest BCUT2D eigenvalue weighted by Gasteiger charge is 2.30. The summed E-state index contributed by atoms with van der Waals surface area (Å²) in [6.07, 6.45) is 0. The first kappa shape index (κ1) is 23.1. The summed E-state index contributed by atoms with van der Waals surface area (Å²) in [6, 6.07) is 10.7. The van der Waals surface area contributed by atoms with Crippen molar-refractivity contribution in [3.8, 4) is 17.0 Å². The van der Waals surface area contributed by atoms with Gasteiger partial charge in [-0.1, -0.05) is 11.6 Å². The molecule has 3 aromatic rings. The van der Waals surface area contributed by atoms with E-state index in [9.17, 15) is 13.2 Å². The number of amides is 1. The number of halogens is 1. The number of piperazine rings is 1. The Balaban J connectivity index is 1.29. The highest BCUT2D eigenvalue weighted by atomic mass is 35.5. The molecule has 32 heavy (non-hydrogen) atoms. The summed E-state index contributed by atoms with van der Waals surface area (Å²) >= 11 is 8.28. The van der Waals surface area contributed by atoms with Crippen LogP contribution in [0.25, 0.3) is 11.3 Å². The minimum Gasteiger partial charge on any atom is -0.497 e. The Hall–Kier alpha value is -2.02. The molecule has 8 nitrogen and oxygen atoms in total. The lowest BCUT2D eigenvalue weighted by atomic mass is 10.2. The molecule has 170 valence electrons. The van der Waals surface area contributed by atoms with Gasteiger partial charge in [0.2, 0.25) is 5.91 Å². The zero-order chi connectivity index (χ0) is 22.7. The summed E-state index contributed by atoms with van der Waals surface area (Å²) in [5.41, 5.74) is 1.72. The van der Waals surface area contributed by atoms with Gasteiger partial charge in [0.1, 0.15) is 9.96 Å². The van der Waals surface area contributed by atoms with Crippen LogP contribution >= 0.6 is 34.3 Å². The van der Waals surface area contributed by atoms with E-state index in [0.29, 0.717) is 35.6 Å². The minimum absolute atomic E-state index is 0.177. The molecule has 0 atom stereocenters. The zero-order valence-corrected chi connectivity index (χ0v) is 20.4. The minimum atomic E-state index is -3.55. The topological polar surface area (TPSA) is 91.8 Å². The first-order chi connectivity index (χ1) is 15.3. The molecule has 0 saturated carbocycles. The molecule has 0 unspecified atom stereocenters. The molecule has 0 bridgehead atoms. The average Bonchev–Trinajstić information content (AvgIpc) is 3.43. The standard InChI is InChI=1S/C20H21ClN4O4S3/c1-29-15-4-2-14(3-5-15)16-13-30-20(22-16)23-18(26)12-24-8-10-25(11-9-24)32(27,28)19-7-6-17(21)31-19/h2-7,13H,8-12H2,1H3,(H,22,23,26). The van der Waals surface area contributed by atoms with Crippen LogP contribution in [0.2, 0.25) is 4.34 Å². The van der Waals surface area contributed by atoms with Crippen molar-refractivity contribution >= 4 is 55.3 Å². The molecular formula is C20H21ClN4O4S3. The van der Waals surface area contributed by atoms with E-state index in [4.69, 9.17) is 16.3 Å². The second-order valence-corrected chi connectivity index (χ2v) is 11.8. The third kappa shape index (κ3) is 5.30. The maximum Gasteiger partial charge on any atom is 0.252 e. The highest BCUT2D eigenvalue weighted by molar-refractivity contribution is 7.91. The van der Waals surface area contributed by atoms with E-state index in [1.165, 1.54) is 21.7 Å². The normalized spacial score (nSPS) is 15.6. The predicted molar refractivity (Wildman–Crippen MR) is 127 cm³/mol. The van der Waals surface area contributed by atoms with E-state index in [-0.39, 0.29) is 16.7 Å². The highest BCUT2D eigenvalue weighted by Crippen LogP contribution is 2.29. The van der Waals surface area contributed by atoms with E-state index < -0.39 is 10.0 Å². The van der Waals surface area contributed by atoms with Crippen LogP contribution in [0.15, 0.2) is 46.0 Å². The molecule has 1 N–H and O–H groups in total. The van der Waals surface area contributed by atoms with Gasteiger partial charge < -0.3 is 10.1 Å². The largest absolute Gasteiger partial charge is 0.497 e. The summed E-state index contributed by atoms with van der Waals surface area (Å²) in [6.45, 7) is 1.77. The molecule has 1 saturated heterocycles. The number of anilines is 1. The summed E-state index contributed by atoms with van der Waals surface area (Å²) in [5, 5.41) is 5.24. The molecule has 4 rings (SSSR count). The van der Waals surface area contributed by atoms with E-state index in [2.05, 4.69) is 10.3 Å². The van der Waals surface area contributed by atoms with E-state index >= 15 is 0 Å². The van der Waals surface area contributed by atoms with E-state index in [1.807, 2.05) is 34.5 Å². The fourth-order valence-corrected chi connectivity index (χ4v) is 7.07. The number of rotatable bonds is 7. The zero-order valence-electron chi connectivity index (χ0n) is 17.2. The first-order valence-corrected chi connectivity index (χ1v) is 13.2. The SMILES string of the molecule is COc1ccc(-c2csc(NC(=O)CN3CCN(S(=O)(=O)c4ccc(Cl)s4)CC3)n2)cc1. The van der Waals surface area contributed by atoms with Gasteiger partial charge in [0.25, 0.3) is 10.0 Å². The number of hydrogen-bond acceptors (Lipinski definition) is 8. The lowest BCUT2D eigenvalue weighted by molar-refractivity contribution is -0.117. The molecular weight excluding hydrogens is 492 g/mol. The number of thiophene rings is 1. The molecule has 12 heteroatoms. The number of methoxy groups -OCH3 is 1. The van der Waals surface area contributed by atoms with Gasteiger partial charge >= 0.3 is 0 Å². The molecule has 0 spiro atoms. The summed E-state index contributed by atoms with van der Waals surface area (Å²) < 4.78 is 32.7. The Morgan fingerprint density at radius 1 is 1.16 bits per heavy atom. The molecule has 0 radical (unpaired) electrons. The summed E-state index contributed by atoms with van der Waals surface area (Å²) in [5.74, 6) is 0.589. The fraction of sp³-hybridized carbons (Fsp3) is 0.300. The Labute approximate surface area is 199 Å². The fourth-order valence-electron chi connectivity index (χ4n) is 3.28. The van der Waals surface area contributed by atoms with Gasteiger partial charge in [0.15, 0.2) is 5.13 Å². The summed E-state index contributed by atoms with van der Waals surface area (Å²) in [4.78, 5) is 18.9. The van der Waals surface area contributed by atoms with Crippen molar-refractivity contribution in [3.05, 3.63) is 46.1 Å². The number of thiazole rings is 1. The van der Waals surface area contributed by atoms with Crippen LogP contribution in [0.1, 0.15) is 0 Å². The number of nitrogens with one attached hydrogen (secondary N) is 1. The molecule has 0 aliphatic carbocycles. The van der Waals surface area contributed by atoms with Crippen molar-refractivity contribution in [2.24, 2.45) is 0 Å². The van der Waals surface area contributed by atoms with Crippen LogP contribution < -0.4 is 10.1 Å². The number of ether oxygens (including phenoxy) is 1. The Morgan fingerprint density at radius 2 is 1.88 bits per heavy atom. The number of hydrogen-bond donors (Lipinski definition) is 1. The lowest BCUT2D eigenvalue weighted by Gasteiger charge is -2.33. The van der Waals surface area contributed by atoms with Gasteiger partial charge in [-0.25, -0.2) is 13.4 Å². The first-order valence-electron chi connectivity index (χ1n) is 9.73. The monoisotopic (exact) mass is 512 g/mol. The number of benzene rings is 1. The van der Waals surface area contributed by atoms with Crippen LogP contribution in [0.4, 0.5) is 5.13 Å². The lowest BCUT2D eigenvalue weighted by Crippen LogP contribution is -2.50. The second kappa shape index (κ2) is 9.86. The number of sulfonamides is 1. The molecule has 1 aliphatic heterocycles. The van der Waals surface area contributed by atoms with Gasteiger partial charge in [-0.15, -0.1) is 22.7 Å². The van der Waals surface area contributed by atoms with Crippen LogP contribution in [0.5, 0.6) is 5.75 Å². The Bertz CT molecular complexity index is 1190. The Morgan fingerprint density at radius 3 is 2.50 bits per heavy atom. The number of carbonyl (C=O) groups is 1. The summed E-state index contributed by atoms with van der Waals surface area (Å²) in [7, 11) is -1.93. The van der Waals surface area contributed by atoms with Gasteiger partial charge in [0.05, 0.1) is 23.7 Å². The molecule has 1 aliphatic rings. The van der Waals surface area contributed by atoms with Crippen molar-refractivity contribution in [1.82, 2.24) is 14.2 Å². The number of nitrogens with zero attached hydrogens (tertiary/aromatic N) is 3. The van der Waals surface area contributed by atoms with Crippen molar-refractivity contribution in [2.75, 3.05) is 45.2 Å². The number of aromatic nitrogens is 1. The van der Waals surface area contributed by atoms with E-state index in [1.54, 1.807) is 13.2 Å². The third-order valence-corrected chi connectivity index (χ3v) is 9.33. The van der Waals surface area contributed by atoms with Gasteiger partial charge in [0, 0.05) is 37.1 Å². The maximum absolute atomic E-state index is 12.7. The van der Waals surface area contributed by atoms with Gasteiger partial charge in [-0.05, 0) is 36.4 Å². The van der Waals surface area contributed by atoms with Crippen LogP contribution in [0, 0.1) is 0 Å². The third-order valence-electron chi connectivity index (χ3n) is 4.98. The molecule has 1 aromatic carbocycles. The molecule has 3 heterocycles. The average molecular weight is 513 g/mol. The van der Waals surface area contributed by atoms with E-state index in [0.717, 1.165) is 28.3 Å². The molecule has 1 fully saturated rings. The predicted octanol–water partition coefficient (Wildman–Crippen LogP) is 3.48. The number of carbonyl (C=O) groups excluding carboxylic acids is 1. The smallest absolute Gasteiger partial charge is 0.252 e.